The lowest BCUT2D eigenvalue weighted by molar-refractivity contribution is -0.118. The van der Waals surface area contributed by atoms with Gasteiger partial charge in [0, 0.05) is 11.3 Å². The average molecular weight is 237 g/mol. The Morgan fingerprint density at radius 2 is 2.62 bits per heavy atom. The van der Waals surface area contributed by atoms with Gasteiger partial charge in [-0.15, -0.1) is 11.3 Å². The van der Waals surface area contributed by atoms with Crippen molar-refractivity contribution in [3.05, 3.63) is 34.5 Å². The minimum Gasteiger partial charge on any atom is -0.371 e. The number of thiophene rings is 1. The summed E-state index contributed by atoms with van der Waals surface area (Å²) in [7, 11) is 0. The molecule has 0 aromatic carbocycles. The molecular formula is C12H15NO2S. The van der Waals surface area contributed by atoms with Crippen molar-refractivity contribution in [3.8, 4) is 0 Å². The quantitative estimate of drug-likeness (QED) is 0.817. The molecule has 2 rings (SSSR count). The highest BCUT2D eigenvalue weighted by Crippen LogP contribution is 2.32. The number of hydrogen-bond acceptors (Lipinski definition) is 3. The van der Waals surface area contributed by atoms with Crippen LogP contribution >= 0.6 is 11.3 Å². The van der Waals surface area contributed by atoms with Crippen molar-refractivity contribution in [1.82, 2.24) is 5.32 Å². The number of fused-ring (bicyclic) bond motifs is 1. The molecule has 1 N–H and O–H groups in total. The van der Waals surface area contributed by atoms with Gasteiger partial charge in [-0.1, -0.05) is 6.58 Å². The lowest BCUT2D eigenvalue weighted by atomic mass is 10.0. The van der Waals surface area contributed by atoms with Crippen LogP contribution in [0.3, 0.4) is 0 Å². The predicted molar refractivity (Wildman–Crippen MR) is 64.5 cm³/mol. The SMILES string of the molecule is C=CC(=O)NC(C)C1OCCc2sccc21. The minimum atomic E-state index is -0.154. The molecule has 86 valence electrons. The molecule has 2 atom stereocenters. The van der Waals surface area contributed by atoms with Gasteiger partial charge >= 0.3 is 0 Å². The zero-order valence-corrected chi connectivity index (χ0v) is 10.0. The molecule has 1 amide bonds. The largest absolute Gasteiger partial charge is 0.371 e. The minimum absolute atomic E-state index is 0.0286. The molecule has 16 heavy (non-hydrogen) atoms. The maximum absolute atomic E-state index is 11.2. The highest BCUT2D eigenvalue weighted by Gasteiger charge is 2.27. The van der Waals surface area contributed by atoms with Gasteiger partial charge in [-0.2, -0.15) is 0 Å². The van der Waals surface area contributed by atoms with Crippen LogP contribution in [0.25, 0.3) is 0 Å². The van der Waals surface area contributed by atoms with Gasteiger partial charge in [-0.3, -0.25) is 4.79 Å². The van der Waals surface area contributed by atoms with Crippen LogP contribution in [0.2, 0.25) is 0 Å². The summed E-state index contributed by atoms with van der Waals surface area (Å²) < 4.78 is 5.73. The molecule has 0 spiro atoms. The third-order valence-corrected chi connectivity index (χ3v) is 3.72. The van der Waals surface area contributed by atoms with Crippen LogP contribution in [0.1, 0.15) is 23.5 Å². The van der Waals surface area contributed by atoms with Gasteiger partial charge in [0.25, 0.3) is 0 Å². The molecule has 1 aromatic heterocycles. The Balaban J connectivity index is 2.11. The predicted octanol–water partition coefficient (Wildman–Crippen LogP) is 2.05. The van der Waals surface area contributed by atoms with Gasteiger partial charge in [-0.05, 0) is 30.0 Å². The maximum Gasteiger partial charge on any atom is 0.243 e. The summed E-state index contributed by atoms with van der Waals surface area (Å²) in [5.41, 5.74) is 1.22. The fraction of sp³-hybridized carbons (Fsp3) is 0.417. The van der Waals surface area contributed by atoms with Gasteiger partial charge in [0.15, 0.2) is 0 Å². The fourth-order valence-corrected chi connectivity index (χ4v) is 2.85. The summed E-state index contributed by atoms with van der Waals surface area (Å²) in [6.45, 7) is 6.13. The highest BCUT2D eigenvalue weighted by molar-refractivity contribution is 7.10. The summed E-state index contributed by atoms with van der Waals surface area (Å²) in [5, 5.41) is 4.93. The van der Waals surface area contributed by atoms with E-state index in [9.17, 15) is 4.79 Å². The van der Waals surface area contributed by atoms with Crippen LogP contribution in [0.4, 0.5) is 0 Å². The molecule has 0 bridgehead atoms. The Bertz CT molecular complexity index is 399. The summed E-state index contributed by atoms with van der Waals surface area (Å²) in [6, 6.07) is 2.06. The molecule has 2 unspecified atom stereocenters. The molecule has 2 heterocycles. The van der Waals surface area contributed by atoms with Crippen molar-refractivity contribution in [3.63, 3.8) is 0 Å². The first-order valence-electron chi connectivity index (χ1n) is 5.33. The van der Waals surface area contributed by atoms with Gasteiger partial charge in [0.2, 0.25) is 5.91 Å². The Morgan fingerprint density at radius 3 is 3.38 bits per heavy atom. The zero-order chi connectivity index (χ0) is 11.5. The molecule has 0 saturated heterocycles. The molecular weight excluding hydrogens is 222 g/mol. The second-order valence-electron chi connectivity index (χ2n) is 3.84. The number of carbonyl (C=O) groups is 1. The first kappa shape index (κ1) is 11.4. The van der Waals surface area contributed by atoms with Crippen LogP contribution in [0, 0.1) is 0 Å². The Hall–Kier alpha value is -1.13. The standard InChI is InChI=1S/C12H15NO2S/c1-3-11(14)13-8(2)12-9-5-7-16-10(9)4-6-15-12/h3,5,7-8,12H,1,4,6H2,2H3,(H,13,14). The number of amides is 1. The van der Waals surface area contributed by atoms with Crippen LogP contribution in [0.15, 0.2) is 24.1 Å². The van der Waals surface area contributed by atoms with Gasteiger partial charge in [-0.25, -0.2) is 0 Å². The normalized spacial score (nSPS) is 20.9. The zero-order valence-electron chi connectivity index (χ0n) is 9.23. The van der Waals surface area contributed by atoms with Crippen molar-refractivity contribution < 1.29 is 9.53 Å². The monoisotopic (exact) mass is 237 g/mol. The second kappa shape index (κ2) is 4.80. The van der Waals surface area contributed by atoms with E-state index in [0.29, 0.717) is 0 Å². The smallest absolute Gasteiger partial charge is 0.243 e. The first-order valence-corrected chi connectivity index (χ1v) is 6.21. The first-order chi connectivity index (χ1) is 7.72. The van der Waals surface area contributed by atoms with E-state index in [1.807, 2.05) is 6.92 Å². The fourth-order valence-electron chi connectivity index (χ4n) is 1.95. The molecule has 3 nitrogen and oxygen atoms in total. The number of nitrogens with one attached hydrogen (secondary N) is 1. The molecule has 0 radical (unpaired) electrons. The topological polar surface area (TPSA) is 38.3 Å². The third kappa shape index (κ3) is 2.18. The van der Waals surface area contributed by atoms with E-state index in [1.165, 1.54) is 16.5 Å². The van der Waals surface area contributed by atoms with Crippen molar-refractivity contribution in [1.29, 1.82) is 0 Å². The van der Waals surface area contributed by atoms with E-state index in [-0.39, 0.29) is 18.1 Å². The summed E-state index contributed by atoms with van der Waals surface area (Å²) in [6.07, 6.45) is 2.23. The van der Waals surface area contributed by atoms with E-state index in [2.05, 4.69) is 23.3 Å². The van der Waals surface area contributed by atoms with E-state index < -0.39 is 0 Å². The second-order valence-corrected chi connectivity index (χ2v) is 4.84. The molecule has 4 heteroatoms. The molecule has 1 aliphatic heterocycles. The highest BCUT2D eigenvalue weighted by atomic mass is 32.1. The van der Waals surface area contributed by atoms with Gasteiger partial charge < -0.3 is 10.1 Å². The lowest BCUT2D eigenvalue weighted by Gasteiger charge is -2.28. The van der Waals surface area contributed by atoms with E-state index in [4.69, 9.17) is 4.74 Å². The Labute approximate surface area is 99.1 Å². The number of rotatable bonds is 3. The molecule has 1 aromatic rings. The Morgan fingerprint density at radius 1 is 1.81 bits per heavy atom. The average Bonchev–Trinajstić information content (AvgIpc) is 2.76. The summed E-state index contributed by atoms with van der Waals surface area (Å²) in [4.78, 5) is 12.6. The van der Waals surface area contributed by atoms with Crippen molar-refractivity contribution >= 4 is 17.2 Å². The number of hydrogen-bond donors (Lipinski definition) is 1. The third-order valence-electron chi connectivity index (χ3n) is 2.72. The molecule has 1 aliphatic rings. The molecule has 0 aliphatic carbocycles. The van der Waals surface area contributed by atoms with Crippen LogP contribution in [-0.2, 0) is 16.0 Å². The summed E-state index contributed by atoms with van der Waals surface area (Å²) >= 11 is 1.76. The molecule has 0 fully saturated rings. The number of ether oxygens (including phenoxy) is 1. The lowest BCUT2D eigenvalue weighted by Crippen LogP contribution is -2.38. The van der Waals surface area contributed by atoms with Crippen LogP contribution in [-0.4, -0.2) is 18.6 Å². The van der Waals surface area contributed by atoms with E-state index in [0.717, 1.165) is 13.0 Å². The van der Waals surface area contributed by atoms with Crippen molar-refractivity contribution in [2.75, 3.05) is 6.61 Å². The van der Waals surface area contributed by atoms with Crippen LogP contribution in [0.5, 0.6) is 0 Å². The number of carbonyl (C=O) groups excluding carboxylic acids is 1. The maximum atomic E-state index is 11.2. The molecule has 0 saturated carbocycles. The van der Waals surface area contributed by atoms with Gasteiger partial charge in [0.05, 0.1) is 12.6 Å². The van der Waals surface area contributed by atoms with Crippen LogP contribution < -0.4 is 5.32 Å². The van der Waals surface area contributed by atoms with E-state index in [1.54, 1.807) is 11.3 Å². The Kier molecular flexibility index (Phi) is 3.41. The van der Waals surface area contributed by atoms with Gasteiger partial charge in [0.1, 0.15) is 6.10 Å². The summed E-state index contributed by atoms with van der Waals surface area (Å²) in [5.74, 6) is -0.154. The van der Waals surface area contributed by atoms with E-state index >= 15 is 0 Å². The van der Waals surface area contributed by atoms with Crippen molar-refractivity contribution in [2.24, 2.45) is 0 Å². The van der Waals surface area contributed by atoms with Crippen molar-refractivity contribution in [2.45, 2.75) is 25.5 Å².